The van der Waals surface area contributed by atoms with Crippen molar-refractivity contribution in [3.8, 4) is 5.75 Å². The molecule has 134 valence electrons. The number of methoxy groups -OCH3 is 1. The SMILES string of the molecule is COc1ccc(C(=O)N2CCCC2)cc1NC(=O)C1=C(Cl)CCCC1. The number of carbonyl (C=O) groups is 2. The van der Waals surface area contributed by atoms with Crippen molar-refractivity contribution >= 4 is 29.1 Å². The molecule has 0 spiro atoms. The number of allylic oxidation sites excluding steroid dienone is 1. The Bertz CT molecular complexity index is 709. The van der Waals surface area contributed by atoms with Gasteiger partial charge in [0.2, 0.25) is 0 Å². The number of halogens is 1. The average Bonchev–Trinajstić information content (AvgIpc) is 3.16. The van der Waals surface area contributed by atoms with Gasteiger partial charge in [-0.2, -0.15) is 0 Å². The number of ether oxygens (including phenoxy) is 1. The second-order valence-corrected chi connectivity index (χ2v) is 6.92. The molecule has 2 aliphatic rings. The van der Waals surface area contributed by atoms with Gasteiger partial charge in [0.05, 0.1) is 12.8 Å². The maximum atomic E-state index is 12.6. The molecule has 0 radical (unpaired) electrons. The highest BCUT2D eigenvalue weighted by atomic mass is 35.5. The van der Waals surface area contributed by atoms with Crippen LogP contribution in [0.3, 0.4) is 0 Å². The summed E-state index contributed by atoms with van der Waals surface area (Å²) in [5.74, 6) is 0.304. The normalized spacial score (nSPS) is 17.6. The molecule has 0 bridgehead atoms. The molecule has 1 heterocycles. The van der Waals surface area contributed by atoms with E-state index in [9.17, 15) is 9.59 Å². The number of benzene rings is 1. The van der Waals surface area contributed by atoms with Crippen LogP contribution in [0.5, 0.6) is 5.75 Å². The van der Waals surface area contributed by atoms with Crippen LogP contribution in [0.15, 0.2) is 28.8 Å². The molecule has 2 amide bonds. The Kier molecular flexibility index (Phi) is 5.63. The van der Waals surface area contributed by atoms with Gasteiger partial charge in [0.1, 0.15) is 5.75 Å². The molecule has 1 aromatic rings. The second kappa shape index (κ2) is 7.91. The summed E-state index contributed by atoms with van der Waals surface area (Å²) in [5, 5.41) is 3.50. The molecular weight excluding hydrogens is 340 g/mol. The number of anilines is 1. The van der Waals surface area contributed by atoms with Crippen LogP contribution in [0.25, 0.3) is 0 Å². The smallest absolute Gasteiger partial charge is 0.253 e. The molecular formula is C19H23ClN2O3. The van der Waals surface area contributed by atoms with E-state index in [-0.39, 0.29) is 11.8 Å². The highest BCUT2D eigenvalue weighted by molar-refractivity contribution is 6.32. The summed E-state index contributed by atoms with van der Waals surface area (Å²) in [4.78, 5) is 27.0. The van der Waals surface area contributed by atoms with Gasteiger partial charge in [0, 0.05) is 29.3 Å². The van der Waals surface area contributed by atoms with E-state index in [0.717, 1.165) is 45.2 Å². The molecule has 1 saturated heterocycles. The maximum absolute atomic E-state index is 12.6. The first-order chi connectivity index (χ1) is 12.1. The Morgan fingerprint density at radius 2 is 1.84 bits per heavy atom. The number of amides is 2. The van der Waals surface area contributed by atoms with E-state index >= 15 is 0 Å². The van der Waals surface area contributed by atoms with Crippen LogP contribution in [0.2, 0.25) is 0 Å². The molecule has 1 aliphatic heterocycles. The Morgan fingerprint density at radius 3 is 2.52 bits per heavy atom. The summed E-state index contributed by atoms with van der Waals surface area (Å²) >= 11 is 6.21. The third kappa shape index (κ3) is 3.98. The minimum atomic E-state index is -0.214. The first-order valence-electron chi connectivity index (χ1n) is 8.76. The van der Waals surface area contributed by atoms with E-state index in [2.05, 4.69) is 5.32 Å². The molecule has 1 aromatic carbocycles. The maximum Gasteiger partial charge on any atom is 0.253 e. The van der Waals surface area contributed by atoms with Gasteiger partial charge in [0.15, 0.2) is 0 Å². The highest BCUT2D eigenvalue weighted by Gasteiger charge is 2.22. The van der Waals surface area contributed by atoms with Gasteiger partial charge in [0.25, 0.3) is 11.8 Å². The first-order valence-corrected chi connectivity index (χ1v) is 9.14. The molecule has 3 rings (SSSR count). The van der Waals surface area contributed by atoms with Crippen LogP contribution in [-0.4, -0.2) is 36.9 Å². The topological polar surface area (TPSA) is 58.6 Å². The fourth-order valence-electron chi connectivity index (χ4n) is 3.34. The average molecular weight is 363 g/mol. The Balaban J connectivity index is 1.82. The van der Waals surface area contributed by atoms with Crippen molar-refractivity contribution in [2.75, 3.05) is 25.5 Å². The number of hydrogen-bond acceptors (Lipinski definition) is 3. The Morgan fingerprint density at radius 1 is 1.12 bits per heavy atom. The van der Waals surface area contributed by atoms with Crippen molar-refractivity contribution in [3.05, 3.63) is 34.4 Å². The first kappa shape index (κ1) is 17.8. The molecule has 1 aliphatic carbocycles. The lowest BCUT2D eigenvalue weighted by atomic mass is 9.98. The number of likely N-dealkylation sites (tertiary alicyclic amines) is 1. The molecule has 0 unspecified atom stereocenters. The molecule has 0 atom stereocenters. The minimum absolute atomic E-state index is 0.00873. The van der Waals surface area contributed by atoms with Gasteiger partial charge in [-0.15, -0.1) is 0 Å². The number of nitrogens with zero attached hydrogens (tertiary/aromatic N) is 1. The molecule has 1 fully saturated rings. The standard InChI is InChI=1S/C19H23ClN2O3/c1-25-17-9-8-13(19(24)22-10-4-5-11-22)12-16(17)21-18(23)14-6-2-3-7-15(14)20/h8-9,12H,2-7,10-11H2,1H3,(H,21,23). The van der Waals surface area contributed by atoms with E-state index in [0.29, 0.717) is 34.0 Å². The van der Waals surface area contributed by atoms with Gasteiger partial charge >= 0.3 is 0 Å². The van der Waals surface area contributed by atoms with Crippen LogP contribution < -0.4 is 10.1 Å². The number of hydrogen-bond donors (Lipinski definition) is 1. The van der Waals surface area contributed by atoms with Gasteiger partial charge in [-0.3, -0.25) is 9.59 Å². The minimum Gasteiger partial charge on any atom is -0.495 e. The van der Waals surface area contributed by atoms with Crippen molar-refractivity contribution in [2.24, 2.45) is 0 Å². The zero-order valence-electron chi connectivity index (χ0n) is 14.4. The van der Waals surface area contributed by atoms with Crippen LogP contribution in [0, 0.1) is 0 Å². The van der Waals surface area contributed by atoms with Gasteiger partial charge < -0.3 is 15.0 Å². The summed E-state index contributed by atoms with van der Waals surface area (Å²) in [6, 6.07) is 5.15. The molecule has 0 aromatic heterocycles. The van der Waals surface area contributed by atoms with E-state index in [1.54, 1.807) is 25.3 Å². The zero-order valence-corrected chi connectivity index (χ0v) is 15.2. The molecule has 5 nitrogen and oxygen atoms in total. The van der Waals surface area contributed by atoms with E-state index in [1.165, 1.54) is 0 Å². The second-order valence-electron chi connectivity index (χ2n) is 6.46. The van der Waals surface area contributed by atoms with Gasteiger partial charge in [-0.05, 0) is 56.7 Å². The Hall–Kier alpha value is -2.01. The summed E-state index contributed by atoms with van der Waals surface area (Å²) in [6.45, 7) is 1.57. The summed E-state index contributed by atoms with van der Waals surface area (Å²) in [5.41, 5.74) is 1.69. The lowest BCUT2D eigenvalue weighted by Crippen LogP contribution is -2.27. The number of carbonyl (C=O) groups excluding carboxylic acids is 2. The van der Waals surface area contributed by atoms with Crippen molar-refractivity contribution in [3.63, 3.8) is 0 Å². The fraction of sp³-hybridized carbons (Fsp3) is 0.474. The third-order valence-electron chi connectivity index (χ3n) is 4.76. The van der Waals surface area contributed by atoms with Crippen LogP contribution in [0.4, 0.5) is 5.69 Å². The predicted molar refractivity (Wildman–Crippen MR) is 98.1 cm³/mol. The number of nitrogens with one attached hydrogen (secondary N) is 1. The van der Waals surface area contributed by atoms with Gasteiger partial charge in [-0.1, -0.05) is 11.6 Å². The van der Waals surface area contributed by atoms with E-state index in [4.69, 9.17) is 16.3 Å². The van der Waals surface area contributed by atoms with Crippen molar-refractivity contribution in [1.82, 2.24) is 4.90 Å². The summed E-state index contributed by atoms with van der Waals surface area (Å²) in [7, 11) is 1.54. The molecule has 6 heteroatoms. The fourth-order valence-corrected chi connectivity index (χ4v) is 3.66. The summed E-state index contributed by atoms with van der Waals surface area (Å²) in [6.07, 6.45) is 5.48. The Labute approximate surface area is 153 Å². The number of rotatable bonds is 4. The van der Waals surface area contributed by atoms with Gasteiger partial charge in [-0.25, -0.2) is 0 Å². The van der Waals surface area contributed by atoms with Crippen molar-refractivity contribution in [2.45, 2.75) is 38.5 Å². The van der Waals surface area contributed by atoms with Crippen LogP contribution >= 0.6 is 11.6 Å². The quantitative estimate of drug-likeness (QED) is 0.882. The molecule has 25 heavy (non-hydrogen) atoms. The van der Waals surface area contributed by atoms with Crippen molar-refractivity contribution < 1.29 is 14.3 Å². The van der Waals surface area contributed by atoms with E-state index in [1.807, 2.05) is 4.90 Å². The largest absolute Gasteiger partial charge is 0.495 e. The lowest BCUT2D eigenvalue weighted by Gasteiger charge is -2.19. The van der Waals surface area contributed by atoms with Crippen molar-refractivity contribution in [1.29, 1.82) is 0 Å². The van der Waals surface area contributed by atoms with Crippen LogP contribution in [-0.2, 0) is 4.79 Å². The third-order valence-corrected chi connectivity index (χ3v) is 5.18. The highest BCUT2D eigenvalue weighted by Crippen LogP contribution is 2.31. The molecule has 0 saturated carbocycles. The molecule has 1 N–H and O–H groups in total. The van der Waals surface area contributed by atoms with Crippen LogP contribution in [0.1, 0.15) is 48.9 Å². The van der Waals surface area contributed by atoms with E-state index < -0.39 is 0 Å². The zero-order chi connectivity index (χ0) is 17.8. The monoisotopic (exact) mass is 362 g/mol. The lowest BCUT2D eigenvalue weighted by molar-refractivity contribution is -0.113. The summed E-state index contributed by atoms with van der Waals surface area (Å²) < 4.78 is 5.33. The predicted octanol–water partition coefficient (Wildman–Crippen LogP) is 3.94.